The normalized spacial score (nSPS) is 16.4. The quantitative estimate of drug-likeness (QED) is 0.805. The van der Waals surface area contributed by atoms with Gasteiger partial charge in [-0.05, 0) is 43.5 Å². The van der Waals surface area contributed by atoms with Gasteiger partial charge in [-0.2, -0.15) is 0 Å². The van der Waals surface area contributed by atoms with E-state index in [1.54, 1.807) is 14.2 Å². The average Bonchev–Trinajstić information content (AvgIpc) is 3.23. The predicted molar refractivity (Wildman–Crippen MR) is 73.3 cm³/mol. The SMILES string of the molecule is CNC(CCC1CC1)c1cc(OC)cc(OC)c1. The Labute approximate surface area is 109 Å². The maximum atomic E-state index is 5.32. The van der Waals surface area contributed by atoms with Crippen LogP contribution in [0.4, 0.5) is 0 Å². The number of rotatable bonds is 7. The smallest absolute Gasteiger partial charge is 0.122 e. The Morgan fingerprint density at radius 1 is 1.17 bits per heavy atom. The highest BCUT2D eigenvalue weighted by Gasteiger charge is 2.23. The van der Waals surface area contributed by atoms with E-state index in [0.29, 0.717) is 6.04 Å². The lowest BCUT2D eigenvalue weighted by atomic mass is 10.00. The lowest BCUT2D eigenvalue weighted by Crippen LogP contribution is -2.16. The molecular formula is C15H23NO2. The number of methoxy groups -OCH3 is 2. The summed E-state index contributed by atoms with van der Waals surface area (Å²) in [6, 6.07) is 6.49. The molecule has 18 heavy (non-hydrogen) atoms. The Morgan fingerprint density at radius 2 is 1.78 bits per heavy atom. The zero-order valence-corrected chi connectivity index (χ0v) is 11.5. The number of nitrogens with one attached hydrogen (secondary N) is 1. The molecule has 1 aliphatic rings. The third kappa shape index (κ3) is 3.39. The molecule has 0 aliphatic heterocycles. The van der Waals surface area contributed by atoms with Crippen molar-refractivity contribution >= 4 is 0 Å². The van der Waals surface area contributed by atoms with Crippen molar-refractivity contribution in [3.05, 3.63) is 23.8 Å². The molecule has 1 aromatic rings. The Bertz CT molecular complexity index is 366. The van der Waals surface area contributed by atoms with Gasteiger partial charge >= 0.3 is 0 Å². The predicted octanol–water partition coefficient (Wildman–Crippen LogP) is 3.15. The first-order valence-electron chi connectivity index (χ1n) is 6.67. The fraction of sp³-hybridized carbons (Fsp3) is 0.600. The van der Waals surface area contributed by atoms with E-state index in [2.05, 4.69) is 17.4 Å². The van der Waals surface area contributed by atoms with Gasteiger partial charge in [0.15, 0.2) is 0 Å². The van der Waals surface area contributed by atoms with E-state index in [1.807, 2.05) is 13.1 Å². The summed E-state index contributed by atoms with van der Waals surface area (Å²) in [5.74, 6) is 2.68. The van der Waals surface area contributed by atoms with Gasteiger partial charge < -0.3 is 14.8 Å². The number of ether oxygens (including phenoxy) is 2. The van der Waals surface area contributed by atoms with Gasteiger partial charge in [0, 0.05) is 12.1 Å². The van der Waals surface area contributed by atoms with Gasteiger partial charge in [-0.25, -0.2) is 0 Å². The highest BCUT2D eigenvalue weighted by Crippen LogP contribution is 2.36. The molecule has 0 amide bonds. The molecule has 0 saturated heterocycles. The number of hydrogen-bond donors (Lipinski definition) is 1. The fourth-order valence-corrected chi connectivity index (χ4v) is 2.32. The summed E-state index contributed by atoms with van der Waals surface area (Å²) >= 11 is 0. The molecule has 1 unspecified atom stereocenters. The molecule has 1 aliphatic carbocycles. The Hall–Kier alpha value is -1.22. The summed E-state index contributed by atoms with van der Waals surface area (Å²) in [5, 5.41) is 3.39. The summed E-state index contributed by atoms with van der Waals surface area (Å²) in [7, 11) is 5.40. The summed E-state index contributed by atoms with van der Waals surface area (Å²) in [6.45, 7) is 0. The fourth-order valence-electron chi connectivity index (χ4n) is 2.32. The molecule has 2 rings (SSSR count). The summed E-state index contributed by atoms with van der Waals surface area (Å²) < 4.78 is 10.6. The van der Waals surface area contributed by atoms with Gasteiger partial charge in [0.1, 0.15) is 11.5 Å². The van der Waals surface area contributed by atoms with Crippen LogP contribution in [0.15, 0.2) is 18.2 Å². The molecule has 0 spiro atoms. The monoisotopic (exact) mass is 249 g/mol. The number of hydrogen-bond acceptors (Lipinski definition) is 3. The summed E-state index contributed by atoms with van der Waals surface area (Å²) in [6.07, 6.45) is 5.32. The molecule has 3 heteroatoms. The Morgan fingerprint density at radius 3 is 2.22 bits per heavy atom. The van der Waals surface area contributed by atoms with Crippen LogP contribution in [0.1, 0.15) is 37.3 Å². The number of benzene rings is 1. The van der Waals surface area contributed by atoms with Crippen molar-refractivity contribution in [1.82, 2.24) is 5.32 Å². The van der Waals surface area contributed by atoms with Gasteiger partial charge in [-0.15, -0.1) is 0 Å². The van der Waals surface area contributed by atoms with E-state index in [1.165, 1.54) is 31.2 Å². The zero-order valence-electron chi connectivity index (χ0n) is 11.5. The first kappa shape index (κ1) is 13.2. The van der Waals surface area contributed by atoms with E-state index < -0.39 is 0 Å². The lowest BCUT2D eigenvalue weighted by Gasteiger charge is -2.18. The minimum Gasteiger partial charge on any atom is -0.497 e. The van der Waals surface area contributed by atoms with E-state index in [4.69, 9.17) is 9.47 Å². The summed E-state index contributed by atoms with van der Waals surface area (Å²) in [5.41, 5.74) is 1.24. The van der Waals surface area contributed by atoms with Gasteiger partial charge in [0.05, 0.1) is 14.2 Å². The first-order valence-corrected chi connectivity index (χ1v) is 6.67. The minimum absolute atomic E-state index is 0.384. The highest BCUT2D eigenvalue weighted by molar-refractivity contribution is 5.39. The molecular weight excluding hydrogens is 226 g/mol. The van der Waals surface area contributed by atoms with Gasteiger partial charge in [0.2, 0.25) is 0 Å². The standard InChI is InChI=1S/C15H23NO2/c1-16-15(7-6-11-4-5-11)12-8-13(17-2)10-14(9-12)18-3/h8-11,15-16H,4-7H2,1-3H3. The zero-order chi connectivity index (χ0) is 13.0. The molecule has 1 atom stereocenters. The average molecular weight is 249 g/mol. The molecule has 0 aromatic heterocycles. The van der Waals surface area contributed by atoms with Gasteiger partial charge in [-0.1, -0.05) is 12.8 Å². The molecule has 1 aromatic carbocycles. The van der Waals surface area contributed by atoms with E-state index in [9.17, 15) is 0 Å². The Kier molecular flexibility index (Phi) is 4.48. The molecule has 1 saturated carbocycles. The van der Waals surface area contributed by atoms with Crippen molar-refractivity contribution in [2.24, 2.45) is 5.92 Å². The van der Waals surface area contributed by atoms with Crippen LogP contribution in [0, 0.1) is 5.92 Å². The van der Waals surface area contributed by atoms with Crippen LogP contribution in [-0.4, -0.2) is 21.3 Å². The molecule has 0 radical (unpaired) electrons. The molecule has 100 valence electrons. The first-order chi connectivity index (χ1) is 8.76. The molecule has 0 heterocycles. The van der Waals surface area contributed by atoms with Crippen LogP contribution in [-0.2, 0) is 0 Å². The van der Waals surface area contributed by atoms with Crippen molar-refractivity contribution < 1.29 is 9.47 Å². The van der Waals surface area contributed by atoms with Crippen LogP contribution in [0.3, 0.4) is 0 Å². The van der Waals surface area contributed by atoms with E-state index >= 15 is 0 Å². The molecule has 1 fully saturated rings. The van der Waals surface area contributed by atoms with E-state index in [0.717, 1.165) is 17.4 Å². The highest BCUT2D eigenvalue weighted by atomic mass is 16.5. The van der Waals surface area contributed by atoms with Crippen molar-refractivity contribution in [1.29, 1.82) is 0 Å². The molecule has 3 nitrogen and oxygen atoms in total. The van der Waals surface area contributed by atoms with Crippen LogP contribution < -0.4 is 14.8 Å². The van der Waals surface area contributed by atoms with E-state index in [-0.39, 0.29) is 0 Å². The summed E-state index contributed by atoms with van der Waals surface area (Å²) in [4.78, 5) is 0. The Balaban J connectivity index is 2.11. The third-order valence-electron chi connectivity index (χ3n) is 3.69. The van der Waals surface area contributed by atoms with Gasteiger partial charge in [-0.3, -0.25) is 0 Å². The van der Waals surface area contributed by atoms with Crippen LogP contribution in [0.2, 0.25) is 0 Å². The minimum atomic E-state index is 0.384. The second kappa shape index (κ2) is 6.10. The van der Waals surface area contributed by atoms with Crippen LogP contribution in [0.25, 0.3) is 0 Å². The maximum Gasteiger partial charge on any atom is 0.122 e. The van der Waals surface area contributed by atoms with Crippen molar-refractivity contribution in [3.63, 3.8) is 0 Å². The van der Waals surface area contributed by atoms with Gasteiger partial charge in [0.25, 0.3) is 0 Å². The second-order valence-electron chi connectivity index (χ2n) is 5.01. The van der Waals surface area contributed by atoms with Crippen molar-refractivity contribution in [2.45, 2.75) is 31.7 Å². The maximum absolute atomic E-state index is 5.32. The van der Waals surface area contributed by atoms with Crippen LogP contribution >= 0.6 is 0 Å². The van der Waals surface area contributed by atoms with Crippen molar-refractivity contribution in [3.8, 4) is 11.5 Å². The largest absolute Gasteiger partial charge is 0.497 e. The second-order valence-corrected chi connectivity index (χ2v) is 5.01. The molecule has 1 N–H and O–H groups in total. The third-order valence-corrected chi connectivity index (χ3v) is 3.69. The van der Waals surface area contributed by atoms with Crippen molar-refractivity contribution in [2.75, 3.05) is 21.3 Å². The van der Waals surface area contributed by atoms with Crippen LogP contribution in [0.5, 0.6) is 11.5 Å². The lowest BCUT2D eigenvalue weighted by molar-refractivity contribution is 0.391. The topological polar surface area (TPSA) is 30.5 Å². The molecule has 0 bridgehead atoms.